The first kappa shape index (κ1) is 16.3. The number of likely N-dealkylation sites (tertiary alicyclic amines) is 1. The summed E-state index contributed by atoms with van der Waals surface area (Å²) in [7, 11) is 0. The number of nitrogens with zero attached hydrogens (tertiary/aromatic N) is 4. The third kappa shape index (κ3) is 3.58. The number of piperidine rings is 1. The second-order valence-corrected chi connectivity index (χ2v) is 6.91. The minimum Gasteiger partial charge on any atom is -0.370 e. The summed E-state index contributed by atoms with van der Waals surface area (Å²) in [6.45, 7) is 2.03. The molecule has 6 heteroatoms. The molecule has 1 aromatic heterocycles. The van der Waals surface area contributed by atoms with Crippen molar-refractivity contribution in [1.82, 2.24) is 19.9 Å². The van der Waals surface area contributed by atoms with Crippen molar-refractivity contribution in [2.24, 2.45) is 0 Å². The van der Waals surface area contributed by atoms with E-state index in [2.05, 4.69) is 34.6 Å². The molecule has 2 aliphatic rings. The fraction of sp³-hybridized carbons (Fsp3) is 0.526. The summed E-state index contributed by atoms with van der Waals surface area (Å²) in [5.74, 6) is 0.249. The third-order valence-electron chi connectivity index (χ3n) is 5.23. The Morgan fingerprint density at radius 3 is 3.00 bits per heavy atom. The van der Waals surface area contributed by atoms with Gasteiger partial charge in [-0.25, -0.2) is 4.68 Å². The van der Waals surface area contributed by atoms with Crippen LogP contribution in [-0.4, -0.2) is 45.0 Å². The molecule has 0 spiro atoms. The van der Waals surface area contributed by atoms with Gasteiger partial charge in [0.05, 0.1) is 30.6 Å². The molecule has 0 N–H and O–H groups in total. The summed E-state index contributed by atoms with van der Waals surface area (Å²) < 4.78 is 7.85. The zero-order valence-corrected chi connectivity index (χ0v) is 14.4. The lowest BCUT2D eigenvalue weighted by molar-refractivity contribution is -0.138. The first-order valence-electron chi connectivity index (χ1n) is 9.13. The Labute approximate surface area is 147 Å². The van der Waals surface area contributed by atoms with Gasteiger partial charge in [-0.05, 0) is 31.2 Å². The Kier molecular flexibility index (Phi) is 4.78. The minimum atomic E-state index is 0.105. The second-order valence-electron chi connectivity index (χ2n) is 6.91. The van der Waals surface area contributed by atoms with Gasteiger partial charge in [0.2, 0.25) is 5.91 Å². The van der Waals surface area contributed by atoms with Crippen molar-refractivity contribution < 1.29 is 9.53 Å². The molecule has 1 aromatic carbocycles. The summed E-state index contributed by atoms with van der Waals surface area (Å²) in [5.41, 5.74) is 2.34. The van der Waals surface area contributed by atoms with Crippen LogP contribution in [0, 0.1) is 0 Å². The lowest BCUT2D eigenvalue weighted by Crippen LogP contribution is -2.49. The summed E-state index contributed by atoms with van der Waals surface area (Å²) in [5, 5.41) is 8.18. The van der Waals surface area contributed by atoms with E-state index in [1.807, 2.05) is 15.6 Å². The number of amides is 1. The molecule has 0 bridgehead atoms. The van der Waals surface area contributed by atoms with Crippen LogP contribution in [0.3, 0.4) is 0 Å². The van der Waals surface area contributed by atoms with Crippen molar-refractivity contribution in [3.05, 3.63) is 47.8 Å². The van der Waals surface area contributed by atoms with E-state index in [1.54, 1.807) is 6.20 Å². The number of carbonyl (C=O) groups excluding carboxylic acids is 1. The predicted molar refractivity (Wildman–Crippen MR) is 92.8 cm³/mol. The molecule has 3 heterocycles. The molecule has 2 atom stereocenters. The van der Waals surface area contributed by atoms with E-state index >= 15 is 0 Å². The topological polar surface area (TPSA) is 60.3 Å². The van der Waals surface area contributed by atoms with Gasteiger partial charge in [-0.2, -0.15) is 0 Å². The van der Waals surface area contributed by atoms with Crippen LogP contribution in [0.5, 0.6) is 0 Å². The fourth-order valence-corrected chi connectivity index (χ4v) is 3.81. The Morgan fingerprint density at radius 2 is 2.12 bits per heavy atom. The van der Waals surface area contributed by atoms with E-state index in [-0.39, 0.29) is 18.1 Å². The predicted octanol–water partition coefficient (Wildman–Crippen LogP) is 2.36. The standard InChI is InChI=1S/C19H24N4O2/c24-19(9-5-4-8-15-6-2-1-3-7-15)22-11-10-18-17(13-22)23-16(14-25-18)12-20-21-23/h1-3,6-7,12,17-18H,4-5,8-11,13-14H2. The molecule has 4 rings (SSSR count). The highest BCUT2D eigenvalue weighted by atomic mass is 16.5. The minimum absolute atomic E-state index is 0.105. The molecule has 25 heavy (non-hydrogen) atoms. The first-order valence-corrected chi connectivity index (χ1v) is 9.13. The van der Waals surface area contributed by atoms with Crippen LogP contribution in [0.2, 0.25) is 0 Å². The summed E-state index contributed by atoms with van der Waals surface area (Å²) in [6, 6.07) is 10.6. The Morgan fingerprint density at radius 1 is 1.24 bits per heavy atom. The quantitative estimate of drug-likeness (QED) is 0.784. The number of unbranched alkanes of at least 4 members (excludes halogenated alkanes) is 1. The van der Waals surface area contributed by atoms with E-state index in [4.69, 9.17) is 4.74 Å². The largest absolute Gasteiger partial charge is 0.370 e. The lowest BCUT2D eigenvalue weighted by atomic mass is 9.99. The molecule has 2 aliphatic heterocycles. The van der Waals surface area contributed by atoms with Crippen LogP contribution in [0.15, 0.2) is 36.5 Å². The molecular formula is C19H24N4O2. The second kappa shape index (κ2) is 7.35. The number of fused-ring (bicyclic) bond motifs is 3. The van der Waals surface area contributed by atoms with Crippen LogP contribution in [-0.2, 0) is 22.6 Å². The number of carbonyl (C=O) groups is 1. The fourth-order valence-electron chi connectivity index (χ4n) is 3.81. The summed E-state index contributed by atoms with van der Waals surface area (Å²) >= 11 is 0. The van der Waals surface area contributed by atoms with Crippen molar-refractivity contribution >= 4 is 5.91 Å². The van der Waals surface area contributed by atoms with Gasteiger partial charge in [0.1, 0.15) is 0 Å². The van der Waals surface area contributed by atoms with Gasteiger partial charge in [-0.1, -0.05) is 35.5 Å². The molecule has 0 aliphatic carbocycles. The SMILES string of the molecule is O=C(CCCCc1ccccc1)N1CCC2OCc3cnnn3C2C1. The third-order valence-corrected chi connectivity index (χ3v) is 5.23. The van der Waals surface area contributed by atoms with Crippen molar-refractivity contribution in [3.63, 3.8) is 0 Å². The highest BCUT2D eigenvalue weighted by Crippen LogP contribution is 2.30. The van der Waals surface area contributed by atoms with Crippen LogP contribution in [0.4, 0.5) is 0 Å². The molecule has 1 saturated heterocycles. The van der Waals surface area contributed by atoms with Crippen molar-refractivity contribution in [2.75, 3.05) is 13.1 Å². The lowest BCUT2D eigenvalue weighted by Gasteiger charge is -2.41. The summed E-state index contributed by atoms with van der Waals surface area (Å²) in [6.07, 6.45) is 6.41. The molecule has 2 unspecified atom stereocenters. The number of aromatic nitrogens is 3. The molecule has 0 radical (unpaired) electrons. The van der Waals surface area contributed by atoms with Crippen molar-refractivity contribution in [2.45, 2.75) is 50.9 Å². The maximum atomic E-state index is 12.6. The zero-order chi connectivity index (χ0) is 17.1. The van der Waals surface area contributed by atoms with E-state index in [1.165, 1.54) is 5.56 Å². The number of rotatable bonds is 5. The number of hydrogen-bond acceptors (Lipinski definition) is 4. The van der Waals surface area contributed by atoms with E-state index in [0.717, 1.165) is 37.9 Å². The Bertz CT molecular complexity index is 715. The van der Waals surface area contributed by atoms with Crippen molar-refractivity contribution in [3.8, 4) is 0 Å². The maximum Gasteiger partial charge on any atom is 0.222 e. The maximum absolute atomic E-state index is 12.6. The highest BCUT2D eigenvalue weighted by molar-refractivity contribution is 5.76. The number of benzene rings is 1. The van der Waals surface area contributed by atoms with Crippen LogP contribution >= 0.6 is 0 Å². The molecule has 0 saturated carbocycles. The molecule has 6 nitrogen and oxygen atoms in total. The van der Waals surface area contributed by atoms with Gasteiger partial charge in [0, 0.05) is 19.5 Å². The molecular weight excluding hydrogens is 316 g/mol. The summed E-state index contributed by atoms with van der Waals surface area (Å²) in [4.78, 5) is 14.6. The normalized spacial score (nSPS) is 22.3. The van der Waals surface area contributed by atoms with Gasteiger partial charge in [0.15, 0.2) is 0 Å². The highest BCUT2D eigenvalue weighted by Gasteiger charge is 2.37. The zero-order valence-electron chi connectivity index (χ0n) is 14.4. The smallest absolute Gasteiger partial charge is 0.222 e. The molecule has 132 valence electrons. The number of ether oxygens (including phenoxy) is 1. The van der Waals surface area contributed by atoms with Crippen LogP contribution in [0.1, 0.15) is 43.0 Å². The monoisotopic (exact) mass is 340 g/mol. The van der Waals surface area contributed by atoms with Crippen LogP contribution in [0.25, 0.3) is 0 Å². The van der Waals surface area contributed by atoms with E-state index in [9.17, 15) is 4.79 Å². The van der Waals surface area contributed by atoms with Crippen LogP contribution < -0.4 is 0 Å². The average molecular weight is 340 g/mol. The molecule has 1 fully saturated rings. The van der Waals surface area contributed by atoms with E-state index in [0.29, 0.717) is 19.6 Å². The number of hydrogen-bond donors (Lipinski definition) is 0. The van der Waals surface area contributed by atoms with Gasteiger partial charge in [-0.15, -0.1) is 5.10 Å². The molecule has 1 amide bonds. The van der Waals surface area contributed by atoms with E-state index < -0.39 is 0 Å². The molecule has 2 aromatic rings. The average Bonchev–Trinajstić information content (AvgIpc) is 3.15. The van der Waals surface area contributed by atoms with Gasteiger partial charge < -0.3 is 9.64 Å². The Hall–Kier alpha value is -2.21. The van der Waals surface area contributed by atoms with Gasteiger partial charge >= 0.3 is 0 Å². The Balaban J connectivity index is 1.27. The van der Waals surface area contributed by atoms with Gasteiger partial charge in [-0.3, -0.25) is 4.79 Å². The first-order chi connectivity index (χ1) is 12.3. The van der Waals surface area contributed by atoms with Gasteiger partial charge in [0.25, 0.3) is 0 Å². The number of aryl methyl sites for hydroxylation is 1. The van der Waals surface area contributed by atoms with Crippen molar-refractivity contribution in [1.29, 1.82) is 0 Å².